The molecule has 0 saturated heterocycles. The van der Waals surface area contributed by atoms with E-state index in [1.807, 2.05) is 32.0 Å². The molecule has 0 spiro atoms. The molecule has 6 unspecified atom stereocenters. The molecule has 0 saturated carbocycles. The van der Waals surface area contributed by atoms with Crippen LogP contribution in [0.25, 0.3) is 0 Å². The van der Waals surface area contributed by atoms with Gasteiger partial charge in [0.15, 0.2) is 0 Å². The number of nitrogens with two attached hydrogens (primary N) is 1. The maximum absolute atomic E-state index is 13.8. The minimum absolute atomic E-state index is 0.0306. The number of halogens is 2. The van der Waals surface area contributed by atoms with E-state index in [-0.39, 0.29) is 57.3 Å². The van der Waals surface area contributed by atoms with Crippen LogP contribution in [0.4, 0.5) is 5.69 Å². The number of hydrogen-bond acceptors (Lipinski definition) is 10. The van der Waals surface area contributed by atoms with Crippen LogP contribution in [-0.2, 0) is 44.7 Å². The Morgan fingerprint density at radius 1 is 0.983 bits per heavy atom. The van der Waals surface area contributed by atoms with Gasteiger partial charge < -0.3 is 40.6 Å². The summed E-state index contributed by atoms with van der Waals surface area (Å²) in [5, 5.41) is 17.2. The molecule has 0 aliphatic carbocycles. The van der Waals surface area contributed by atoms with Crippen LogP contribution < -0.4 is 16.4 Å². The van der Waals surface area contributed by atoms with Gasteiger partial charge in [0.2, 0.25) is 11.8 Å². The van der Waals surface area contributed by atoms with Crippen LogP contribution in [0.5, 0.6) is 0 Å². The van der Waals surface area contributed by atoms with Crippen LogP contribution in [0.15, 0.2) is 36.4 Å². The number of carboxylic acid groups (broad SMARTS) is 1. The SMILES string of the molecule is CCCCOC(=O)C(CC(C)C(=O)O)CC(CC(C)(CC(CC)C(=O)NCCNc1cccc(C2CN(C)Cc3c(Cl)cc(Cl)cc32)c1)C(=O)OCCOC)C(N)=O. The molecule has 6 atom stereocenters. The van der Waals surface area contributed by atoms with Gasteiger partial charge in [-0.25, -0.2) is 0 Å². The van der Waals surface area contributed by atoms with E-state index < -0.39 is 52.9 Å². The Balaban J connectivity index is 1.73. The number of carbonyl (C=O) groups excluding carboxylic acids is 4. The van der Waals surface area contributed by atoms with Gasteiger partial charge in [-0.2, -0.15) is 0 Å². The lowest BCUT2D eigenvalue weighted by atomic mass is 9.71. The van der Waals surface area contributed by atoms with Crippen molar-refractivity contribution in [2.24, 2.45) is 34.8 Å². The number of anilines is 1. The number of unbranched alkanes of at least 4 members (excludes halogenated alkanes) is 1. The topological polar surface area (TPSA) is 187 Å². The van der Waals surface area contributed by atoms with E-state index >= 15 is 0 Å². The Morgan fingerprint density at radius 3 is 2.36 bits per heavy atom. The molecule has 1 heterocycles. The van der Waals surface area contributed by atoms with E-state index in [0.717, 1.165) is 41.9 Å². The highest BCUT2D eigenvalue weighted by Gasteiger charge is 2.43. The third-order valence-electron chi connectivity index (χ3n) is 10.9. The molecule has 3 rings (SSSR count). The van der Waals surface area contributed by atoms with E-state index in [4.69, 9.17) is 43.1 Å². The summed E-state index contributed by atoms with van der Waals surface area (Å²) in [7, 11) is 3.53. The number of nitrogens with one attached hydrogen (secondary N) is 2. The van der Waals surface area contributed by atoms with E-state index in [0.29, 0.717) is 36.0 Å². The molecule has 1 aliphatic rings. The van der Waals surface area contributed by atoms with Crippen LogP contribution in [0.1, 0.15) is 95.2 Å². The zero-order valence-corrected chi connectivity index (χ0v) is 36.3. The number of fused-ring (bicyclic) bond motifs is 1. The molecule has 0 aromatic heterocycles. The third-order valence-corrected chi connectivity index (χ3v) is 11.5. The summed E-state index contributed by atoms with van der Waals surface area (Å²) < 4.78 is 16.1. The monoisotopic (exact) mass is 848 g/mol. The Labute approximate surface area is 353 Å². The number of nitrogens with zero attached hydrogens (tertiary/aromatic N) is 1. The number of likely N-dealkylation sites (N-methyl/N-ethyl adjacent to an activating group) is 1. The van der Waals surface area contributed by atoms with Crippen LogP contribution in [0, 0.1) is 29.1 Å². The fourth-order valence-corrected chi connectivity index (χ4v) is 8.15. The minimum atomic E-state index is -1.38. The average molecular weight is 850 g/mol. The van der Waals surface area contributed by atoms with Gasteiger partial charge in [-0.3, -0.25) is 24.0 Å². The van der Waals surface area contributed by atoms with Gasteiger partial charge >= 0.3 is 17.9 Å². The van der Waals surface area contributed by atoms with Gasteiger partial charge in [-0.05, 0) is 93.5 Å². The smallest absolute Gasteiger partial charge is 0.311 e. The van der Waals surface area contributed by atoms with Crippen molar-refractivity contribution in [3.63, 3.8) is 0 Å². The Morgan fingerprint density at radius 2 is 1.71 bits per heavy atom. The van der Waals surface area contributed by atoms with Crippen molar-refractivity contribution in [3.05, 3.63) is 63.1 Å². The molecule has 5 N–H and O–H groups in total. The number of hydrogen-bond donors (Lipinski definition) is 4. The highest BCUT2D eigenvalue weighted by molar-refractivity contribution is 6.35. The summed E-state index contributed by atoms with van der Waals surface area (Å²) >= 11 is 13.0. The molecule has 2 amide bonds. The number of primary amides is 1. The molecular weight excluding hydrogens is 787 g/mol. The van der Waals surface area contributed by atoms with E-state index in [2.05, 4.69) is 34.7 Å². The van der Waals surface area contributed by atoms with Crippen LogP contribution >= 0.6 is 23.2 Å². The molecule has 0 radical (unpaired) electrons. The van der Waals surface area contributed by atoms with Gasteiger partial charge in [0.25, 0.3) is 0 Å². The number of amides is 2. The first kappa shape index (κ1) is 48.5. The van der Waals surface area contributed by atoms with Crippen LogP contribution in [0.3, 0.4) is 0 Å². The predicted molar refractivity (Wildman–Crippen MR) is 225 cm³/mol. The molecule has 0 bridgehead atoms. The quantitative estimate of drug-likeness (QED) is 0.0618. The summed E-state index contributed by atoms with van der Waals surface area (Å²) in [5.74, 6) is -6.83. The molecular formula is C43H62Cl2N4O9. The van der Waals surface area contributed by atoms with E-state index in [9.17, 15) is 29.1 Å². The minimum Gasteiger partial charge on any atom is -0.481 e. The fourth-order valence-electron chi connectivity index (χ4n) is 7.58. The van der Waals surface area contributed by atoms with Crippen LogP contribution in [-0.4, -0.2) is 93.3 Å². The lowest BCUT2D eigenvalue weighted by Crippen LogP contribution is -2.42. The van der Waals surface area contributed by atoms with Crippen molar-refractivity contribution in [2.75, 3.05) is 58.9 Å². The number of esters is 2. The number of rotatable bonds is 25. The van der Waals surface area contributed by atoms with Gasteiger partial charge in [0.05, 0.1) is 30.5 Å². The Hall–Kier alpha value is -3.91. The van der Waals surface area contributed by atoms with E-state index in [1.54, 1.807) is 13.0 Å². The van der Waals surface area contributed by atoms with E-state index in [1.165, 1.54) is 14.0 Å². The summed E-state index contributed by atoms with van der Waals surface area (Å²) in [5.41, 5.74) is 8.68. The Bertz CT molecular complexity index is 1710. The molecule has 1 aliphatic heterocycles. The third kappa shape index (κ3) is 14.4. The molecule has 0 fully saturated rings. The molecule has 13 nitrogen and oxygen atoms in total. The van der Waals surface area contributed by atoms with Crippen molar-refractivity contribution < 1.29 is 43.3 Å². The maximum atomic E-state index is 13.8. The highest BCUT2D eigenvalue weighted by Crippen LogP contribution is 2.40. The zero-order valence-electron chi connectivity index (χ0n) is 34.7. The van der Waals surface area contributed by atoms with Crippen molar-refractivity contribution in [3.8, 4) is 0 Å². The second-order valence-electron chi connectivity index (χ2n) is 15.8. The first-order valence-corrected chi connectivity index (χ1v) is 20.9. The molecule has 2 aromatic rings. The number of aliphatic carboxylic acids is 1. The molecule has 58 heavy (non-hydrogen) atoms. The van der Waals surface area contributed by atoms with Gasteiger partial charge in [0.1, 0.15) is 6.61 Å². The first-order chi connectivity index (χ1) is 27.5. The van der Waals surface area contributed by atoms with Crippen LogP contribution in [0.2, 0.25) is 10.0 Å². The van der Waals surface area contributed by atoms with Crippen molar-refractivity contribution in [1.29, 1.82) is 0 Å². The normalized spacial score (nSPS) is 17.1. The first-order valence-electron chi connectivity index (χ1n) is 20.2. The summed E-state index contributed by atoms with van der Waals surface area (Å²) in [6.45, 7) is 9.40. The standard InChI is InChI=1S/C43H62Cl2N4O9/c1-7-9-15-57-41(54)30(18-27(3)40(52)53)19-31(38(46)50)24-43(4,42(55)58-17-16-56-6)23-28(8-2)39(51)48-14-13-47-33-12-10-11-29(20-33)35-25-49(5)26-36-34(35)21-32(44)22-37(36)45/h10-12,20-22,27-28,30-31,35,47H,7-9,13-19,23-26H2,1-6H3,(H2,46,50)(H,48,51)(H,52,53). The maximum Gasteiger partial charge on any atom is 0.311 e. The summed E-state index contributed by atoms with van der Waals surface area (Å²) in [6.07, 6.45) is 1.50. The second-order valence-corrected chi connectivity index (χ2v) is 16.6. The van der Waals surface area contributed by atoms with Crippen molar-refractivity contribution in [2.45, 2.75) is 85.1 Å². The molecule has 2 aromatic carbocycles. The van der Waals surface area contributed by atoms with Crippen molar-refractivity contribution in [1.82, 2.24) is 10.2 Å². The molecule has 15 heteroatoms. The number of methoxy groups -OCH3 is 1. The number of carboxylic acids is 1. The number of carbonyl (C=O) groups is 5. The summed E-state index contributed by atoms with van der Waals surface area (Å²) in [6, 6.07) is 11.9. The fraction of sp³-hybridized carbons (Fsp3) is 0.605. The van der Waals surface area contributed by atoms with Crippen molar-refractivity contribution >= 4 is 58.6 Å². The summed E-state index contributed by atoms with van der Waals surface area (Å²) in [4.78, 5) is 67.5. The van der Waals surface area contributed by atoms with Gasteiger partial charge in [0, 0.05) is 66.8 Å². The number of ether oxygens (including phenoxy) is 3. The Kier molecular flexibility index (Phi) is 19.7. The average Bonchev–Trinajstić information content (AvgIpc) is 3.18. The highest BCUT2D eigenvalue weighted by atomic mass is 35.5. The number of benzene rings is 2. The lowest BCUT2D eigenvalue weighted by molar-refractivity contribution is -0.159. The van der Waals surface area contributed by atoms with Gasteiger partial charge in [-0.1, -0.05) is 62.5 Å². The zero-order chi connectivity index (χ0) is 43.0. The largest absolute Gasteiger partial charge is 0.481 e. The predicted octanol–water partition coefficient (Wildman–Crippen LogP) is 6.66. The van der Waals surface area contributed by atoms with Gasteiger partial charge in [-0.15, -0.1) is 0 Å². The molecule has 322 valence electrons. The lowest BCUT2D eigenvalue weighted by Gasteiger charge is -2.34. The second kappa shape index (κ2) is 23.6.